The van der Waals surface area contributed by atoms with E-state index >= 15 is 0 Å². The van der Waals surface area contributed by atoms with Gasteiger partial charge in [0.1, 0.15) is 0 Å². The lowest BCUT2D eigenvalue weighted by molar-refractivity contribution is -0.204. The molecule has 1 aromatic carbocycles. The number of furan rings is 1. The number of rotatable bonds is 6. The SMILES string of the molecule is CCOC(=O)[C@@](NC(=O)c1ccco1)(Nc1cccc(C)c1)C(F)(F)F. The fraction of sp³-hybridized carbons (Fsp3) is 0.294. The normalized spacial score (nSPS) is 13.6. The molecule has 1 atom stereocenters. The molecule has 2 rings (SSSR count). The standard InChI is InChI=1S/C17H17F3N2O4/c1-3-25-15(24)16(17(18,19)20,21-12-7-4-6-11(2)10-12)22-14(23)13-8-5-9-26-13/h4-10,21H,3H2,1-2H3,(H,22,23)/t16-/m0/s1. The van der Waals surface area contributed by atoms with Gasteiger partial charge in [-0.2, -0.15) is 13.2 Å². The van der Waals surface area contributed by atoms with E-state index < -0.39 is 23.7 Å². The predicted octanol–water partition coefficient (Wildman–Crippen LogP) is 3.25. The number of hydrogen-bond donors (Lipinski definition) is 2. The number of amides is 1. The van der Waals surface area contributed by atoms with Crippen molar-refractivity contribution in [2.45, 2.75) is 25.7 Å². The number of esters is 1. The number of carbonyl (C=O) groups excluding carboxylic acids is 2. The Morgan fingerprint density at radius 3 is 2.46 bits per heavy atom. The minimum absolute atomic E-state index is 0.0184. The van der Waals surface area contributed by atoms with E-state index in [2.05, 4.69) is 10.1 Å². The predicted molar refractivity (Wildman–Crippen MR) is 86.4 cm³/mol. The van der Waals surface area contributed by atoms with E-state index in [1.165, 1.54) is 37.3 Å². The molecule has 6 nitrogen and oxygen atoms in total. The van der Waals surface area contributed by atoms with Crippen LogP contribution in [0.3, 0.4) is 0 Å². The highest BCUT2D eigenvalue weighted by Gasteiger charge is 2.63. The molecule has 2 N–H and O–H groups in total. The van der Waals surface area contributed by atoms with Crippen molar-refractivity contribution in [3.05, 3.63) is 54.0 Å². The van der Waals surface area contributed by atoms with Gasteiger partial charge in [0.15, 0.2) is 5.76 Å². The molecule has 0 fully saturated rings. The molecule has 0 unspecified atom stereocenters. The molecule has 0 spiro atoms. The van der Waals surface area contributed by atoms with E-state index in [4.69, 9.17) is 4.42 Å². The van der Waals surface area contributed by atoms with Crippen LogP contribution in [0.25, 0.3) is 0 Å². The van der Waals surface area contributed by atoms with Crippen LogP contribution in [-0.4, -0.2) is 30.3 Å². The molecule has 26 heavy (non-hydrogen) atoms. The second-order valence-electron chi connectivity index (χ2n) is 5.39. The Balaban J connectivity index is 2.49. The summed E-state index contributed by atoms with van der Waals surface area (Å²) in [6, 6.07) is 8.44. The van der Waals surface area contributed by atoms with Crippen molar-refractivity contribution in [3.8, 4) is 0 Å². The molecule has 0 radical (unpaired) electrons. The van der Waals surface area contributed by atoms with E-state index in [1.54, 1.807) is 18.3 Å². The van der Waals surface area contributed by atoms with Gasteiger partial charge in [0.2, 0.25) is 0 Å². The molecule has 2 aromatic rings. The van der Waals surface area contributed by atoms with Crippen LogP contribution in [0.1, 0.15) is 23.0 Å². The minimum atomic E-state index is -5.20. The third-order valence-electron chi connectivity index (χ3n) is 3.40. The second kappa shape index (κ2) is 7.51. The number of nitrogens with one attached hydrogen (secondary N) is 2. The first-order valence-corrected chi connectivity index (χ1v) is 7.64. The van der Waals surface area contributed by atoms with E-state index in [1.807, 2.05) is 0 Å². The van der Waals surface area contributed by atoms with Gasteiger partial charge in [0.25, 0.3) is 5.91 Å². The highest BCUT2D eigenvalue weighted by atomic mass is 19.4. The van der Waals surface area contributed by atoms with Crippen LogP contribution < -0.4 is 10.6 Å². The van der Waals surface area contributed by atoms with Gasteiger partial charge in [-0.3, -0.25) is 4.79 Å². The summed E-state index contributed by atoms with van der Waals surface area (Å²) in [5.74, 6) is -3.29. The maximum Gasteiger partial charge on any atom is 0.441 e. The summed E-state index contributed by atoms with van der Waals surface area (Å²) in [4.78, 5) is 24.4. The lowest BCUT2D eigenvalue weighted by Gasteiger charge is -2.35. The zero-order chi connectivity index (χ0) is 19.4. The maximum atomic E-state index is 13.9. The van der Waals surface area contributed by atoms with Gasteiger partial charge in [-0.15, -0.1) is 0 Å². The van der Waals surface area contributed by atoms with E-state index in [-0.39, 0.29) is 18.1 Å². The van der Waals surface area contributed by atoms with E-state index in [0.717, 1.165) is 6.26 Å². The number of aryl methyl sites for hydroxylation is 1. The third-order valence-corrected chi connectivity index (χ3v) is 3.40. The molecular weight excluding hydrogens is 353 g/mol. The van der Waals surface area contributed by atoms with Crippen LogP contribution in [0, 0.1) is 6.92 Å². The van der Waals surface area contributed by atoms with Crippen molar-refractivity contribution < 1.29 is 31.9 Å². The molecule has 9 heteroatoms. The third kappa shape index (κ3) is 3.98. The van der Waals surface area contributed by atoms with Crippen LogP contribution in [0.2, 0.25) is 0 Å². The van der Waals surface area contributed by atoms with Gasteiger partial charge in [-0.05, 0) is 43.7 Å². The fourth-order valence-electron chi connectivity index (χ4n) is 2.21. The molecule has 0 bridgehead atoms. The second-order valence-corrected chi connectivity index (χ2v) is 5.39. The van der Waals surface area contributed by atoms with Crippen LogP contribution >= 0.6 is 0 Å². The molecule has 0 aliphatic carbocycles. The van der Waals surface area contributed by atoms with Crippen molar-refractivity contribution in [1.29, 1.82) is 0 Å². The van der Waals surface area contributed by atoms with Crippen molar-refractivity contribution >= 4 is 17.6 Å². The Labute approximate surface area is 147 Å². The maximum absolute atomic E-state index is 13.9. The first-order chi connectivity index (χ1) is 12.2. The lowest BCUT2D eigenvalue weighted by Crippen LogP contribution is -2.69. The zero-order valence-corrected chi connectivity index (χ0v) is 14.0. The summed E-state index contributed by atoms with van der Waals surface area (Å²) in [6.45, 7) is 2.73. The molecule has 1 aromatic heterocycles. The minimum Gasteiger partial charge on any atom is -0.463 e. The van der Waals surface area contributed by atoms with Gasteiger partial charge in [0.05, 0.1) is 12.9 Å². The zero-order valence-electron chi connectivity index (χ0n) is 14.0. The highest BCUT2D eigenvalue weighted by Crippen LogP contribution is 2.33. The topological polar surface area (TPSA) is 80.6 Å². The van der Waals surface area contributed by atoms with Gasteiger partial charge in [-0.25, -0.2) is 4.79 Å². The average molecular weight is 370 g/mol. The van der Waals surface area contributed by atoms with Crippen molar-refractivity contribution in [2.75, 3.05) is 11.9 Å². The highest BCUT2D eigenvalue weighted by molar-refractivity contribution is 5.97. The summed E-state index contributed by atoms with van der Waals surface area (Å²) in [7, 11) is 0. The molecule has 140 valence electrons. The number of carbonyl (C=O) groups is 2. The first kappa shape index (κ1) is 19.4. The van der Waals surface area contributed by atoms with Crippen molar-refractivity contribution in [2.24, 2.45) is 0 Å². The Bertz CT molecular complexity index is 775. The quantitative estimate of drug-likeness (QED) is 0.603. The molecular formula is C17H17F3N2O4. The summed E-state index contributed by atoms with van der Waals surface area (Å²) in [6.07, 6.45) is -4.08. The fourth-order valence-corrected chi connectivity index (χ4v) is 2.21. The molecule has 1 heterocycles. The molecule has 0 saturated carbocycles. The van der Waals surface area contributed by atoms with Gasteiger partial charge in [-0.1, -0.05) is 12.1 Å². The number of ether oxygens (including phenoxy) is 1. The average Bonchev–Trinajstić information content (AvgIpc) is 3.07. The number of benzene rings is 1. The molecule has 1 amide bonds. The molecule has 0 aliphatic rings. The number of anilines is 1. The largest absolute Gasteiger partial charge is 0.463 e. The smallest absolute Gasteiger partial charge is 0.441 e. The Kier molecular flexibility index (Phi) is 5.59. The molecule has 0 saturated heterocycles. The van der Waals surface area contributed by atoms with Crippen molar-refractivity contribution in [1.82, 2.24) is 5.32 Å². The Morgan fingerprint density at radius 1 is 1.19 bits per heavy atom. The van der Waals surface area contributed by atoms with Crippen LogP contribution in [-0.2, 0) is 9.53 Å². The van der Waals surface area contributed by atoms with Gasteiger partial charge in [0, 0.05) is 5.69 Å². The van der Waals surface area contributed by atoms with E-state index in [9.17, 15) is 22.8 Å². The number of hydrogen-bond acceptors (Lipinski definition) is 5. The first-order valence-electron chi connectivity index (χ1n) is 7.64. The summed E-state index contributed by atoms with van der Waals surface area (Å²) < 4.78 is 51.2. The lowest BCUT2D eigenvalue weighted by atomic mass is 10.1. The number of halogens is 3. The Hall–Kier alpha value is -2.97. The van der Waals surface area contributed by atoms with Gasteiger partial charge >= 0.3 is 17.8 Å². The van der Waals surface area contributed by atoms with E-state index in [0.29, 0.717) is 5.56 Å². The van der Waals surface area contributed by atoms with Crippen LogP contribution in [0.4, 0.5) is 18.9 Å². The summed E-state index contributed by atoms with van der Waals surface area (Å²) >= 11 is 0. The summed E-state index contributed by atoms with van der Waals surface area (Å²) in [5.41, 5.74) is -2.84. The van der Waals surface area contributed by atoms with Crippen LogP contribution in [0.5, 0.6) is 0 Å². The molecule has 0 aliphatic heterocycles. The van der Waals surface area contributed by atoms with Crippen LogP contribution in [0.15, 0.2) is 47.1 Å². The van der Waals surface area contributed by atoms with Crippen molar-refractivity contribution in [3.63, 3.8) is 0 Å². The summed E-state index contributed by atoms with van der Waals surface area (Å²) in [5, 5.41) is 3.76. The monoisotopic (exact) mass is 370 g/mol. The van der Waals surface area contributed by atoms with Gasteiger partial charge < -0.3 is 19.8 Å². The number of alkyl halides is 3. The Morgan fingerprint density at radius 2 is 1.92 bits per heavy atom.